The zero-order chi connectivity index (χ0) is 24.8. The standard InChI is InChI=1S/C28H39N9/c1-2-34-16-28(17-34)18-35(19-28)15-22-11-10-21(14-29-22)31-25-24-26(37(20-30-24)23-8-4-5-9-23)33-27(32-25)36-12-6-3-7-13-36/h10-11,14,20,23H,2-9,12-13,15-19H2,1H3,(H,31,32,33). The molecule has 0 bridgehead atoms. The number of fused-ring (bicyclic) bond motifs is 1. The minimum Gasteiger partial charge on any atom is -0.341 e. The molecular formula is C28H39N9. The van der Waals surface area contributed by atoms with Gasteiger partial charge in [0.15, 0.2) is 17.0 Å². The molecule has 1 aliphatic carbocycles. The van der Waals surface area contributed by atoms with Gasteiger partial charge >= 0.3 is 0 Å². The lowest BCUT2D eigenvalue weighted by Crippen LogP contribution is -2.71. The van der Waals surface area contributed by atoms with E-state index in [-0.39, 0.29) is 0 Å². The maximum Gasteiger partial charge on any atom is 0.229 e. The van der Waals surface area contributed by atoms with E-state index < -0.39 is 0 Å². The summed E-state index contributed by atoms with van der Waals surface area (Å²) >= 11 is 0. The van der Waals surface area contributed by atoms with Crippen molar-refractivity contribution in [3.8, 4) is 0 Å². The monoisotopic (exact) mass is 501 g/mol. The molecule has 1 N–H and O–H groups in total. The second kappa shape index (κ2) is 9.51. The van der Waals surface area contributed by atoms with Gasteiger partial charge < -0.3 is 19.7 Å². The third kappa shape index (κ3) is 4.46. The van der Waals surface area contributed by atoms with Crippen LogP contribution in [-0.4, -0.2) is 80.1 Å². The van der Waals surface area contributed by atoms with Gasteiger partial charge in [-0.2, -0.15) is 9.97 Å². The van der Waals surface area contributed by atoms with Gasteiger partial charge in [0.2, 0.25) is 5.95 Å². The smallest absolute Gasteiger partial charge is 0.229 e. The largest absolute Gasteiger partial charge is 0.341 e. The zero-order valence-electron chi connectivity index (χ0n) is 22.1. The van der Waals surface area contributed by atoms with Crippen LogP contribution in [0.4, 0.5) is 17.5 Å². The second-order valence-corrected chi connectivity index (χ2v) is 11.8. The summed E-state index contributed by atoms with van der Waals surface area (Å²) in [6.45, 7) is 11.3. The topological polar surface area (TPSA) is 78.2 Å². The maximum atomic E-state index is 5.05. The molecule has 9 nitrogen and oxygen atoms in total. The Balaban J connectivity index is 1.09. The minimum absolute atomic E-state index is 0.494. The predicted octanol–water partition coefficient (Wildman–Crippen LogP) is 4.21. The first-order chi connectivity index (χ1) is 18.2. The van der Waals surface area contributed by atoms with Gasteiger partial charge in [-0.25, -0.2) is 4.98 Å². The number of pyridine rings is 1. The van der Waals surface area contributed by atoms with Crippen molar-refractivity contribution in [1.82, 2.24) is 34.3 Å². The molecule has 3 aromatic heterocycles. The van der Waals surface area contributed by atoms with Crippen molar-refractivity contribution in [3.05, 3.63) is 30.4 Å². The number of likely N-dealkylation sites (tertiary alicyclic amines) is 2. The molecule has 1 saturated carbocycles. The maximum absolute atomic E-state index is 5.05. The average Bonchev–Trinajstić information content (AvgIpc) is 3.56. The summed E-state index contributed by atoms with van der Waals surface area (Å²) < 4.78 is 2.30. The lowest BCUT2D eigenvalue weighted by molar-refractivity contribution is -0.116. The van der Waals surface area contributed by atoms with Crippen molar-refractivity contribution in [3.63, 3.8) is 0 Å². The summed E-state index contributed by atoms with van der Waals surface area (Å²) in [6.07, 6.45) is 12.6. The van der Waals surface area contributed by atoms with E-state index in [1.54, 1.807) is 0 Å². The molecule has 0 amide bonds. The van der Waals surface area contributed by atoms with Gasteiger partial charge in [0.25, 0.3) is 0 Å². The molecule has 6 heterocycles. The van der Waals surface area contributed by atoms with Gasteiger partial charge in [0.1, 0.15) is 0 Å². The van der Waals surface area contributed by atoms with Crippen LogP contribution >= 0.6 is 0 Å². The molecular weight excluding hydrogens is 462 g/mol. The van der Waals surface area contributed by atoms with Gasteiger partial charge in [0.05, 0.1) is 23.9 Å². The summed E-state index contributed by atoms with van der Waals surface area (Å²) in [7, 11) is 0. The summed E-state index contributed by atoms with van der Waals surface area (Å²) in [4.78, 5) is 27.0. The predicted molar refractivity (Wildman–Crippen MR) is 146 cm³/mol. The number of nitrogens with zero attached hydrogens (tertiary/aromatic N) is 8. The molecule has 37 heavy (non-hydrogen) atoms. The molecule has 9 heteroatoms. The summed E-state index contributed by atoms with van der Waals surface area (Å²) in [5, 5.41) is 3.55. The van der Waals surface area contributed by atoms with Crippen molar-refractivity contribution < 1.29 is 0 Å². The molecule has 1 spiro atoms. The lowest BCUT2D eigenvalue weighted by Gasteiger charge is -2.60. The zero-order valence-corrected chi connectivity index (χ0v) is 22.1. The van der Waals surface area contributed by atoms with Crippen LogP contribution in [0.5, 0.6) is 0 Å². The minimum atomic E-state index is 0.494. The van der Waals surface area contributed by atoms with Crippen LogP contribution in [0, 0.1) is 5.41 Å². The van der Waals surface area contributed by atoms with E-state index in [1.807, 2.05) is 12.5 Å². The third-order valence-corrected chi connectivity index (χ3v) is 8.92. The fraction of sp³-hybridized carbons (Fsp3) is 0.643. The Hall–Kier alpha value is -2.78. The van der Waals surface area contributed by atoms with Gasteiger partial charge in [0, 0.05) is 57.3 Å². The number of anilines is 3. The Morgan fingerprint density at radius 3 is 2.43 bits per heavy atom. The first kappa shape index (κ1) is 23.3. The SMILES string of the molecule is CCN1CC2(C1)CN(Cc1ccc(Nc3nc(N4CCCCC4)nc4c3ncn4C3CCCC3)cn1)C2. The van der Waals surface area contributed by atoms with Gasteiger partial charge in [-0.1, -0.05) is 19.8 Å². The molecule has 4 aliphatic rings. The second-order valence-electron chi connectivity index (χ2n) is 11.8. The number of aromatic nitrogens is 5. The first-order valence-electron chi connectivity index (χ1n) is 14.3. The Morgan fingerprint density at radius 2 is 1.70 bits per heavy atom. The van der Waals surface area contributed by atoms with E-state index in [4.69, 9.17) is 19.9 Å². The highest BCUT2D eigenvalue weighted by Crippen LogP contribution is 2.40. The van der Waals surface area contributed by atoms with Gasteiger partial charge in [-0.3, -0.25) is 9.88 Å². The normalized spacial score (nSPS) is 22.5. The molecule has 0 aromatic carbocycles. The van der Waals surface area contributed by atoms with Crippen LogP contribution in [0.2, 0.25) is 0 Å². The van der Waals surface area contributed by atoms with E-state index in [9.17, 15) is 0 Å². The van der Waals surface area contributed by atoms with Gasteiger partial charge in [-0.15, -0.1) is 0 Å². The highest BCUT2D eigenvalue weighted by molar-refractivity contribution is 5.86. The van der Waals surface area contributed by atoms with Crippen molar-refractivity contribution in [2.45, 2.75) is 64.5 Å². The Morgan fingerprint density at radius 1 is 0.919 bits per heavy atom. The van der Waals surface area contributed by atoms with E-state index in [0.29, 0.717) is 11.5 Å². The van der Waals surface area contributed by atoms with Crippen LogP contribution in [0.25, 0.3) is 11.2 Å². The molecule has 3 aromatic rings. The van der Waals surface area contributed by atoms with E-state index in [0.717, 1.165) is 53.9 Å². The number of rotatable bonds is 7. The van der Waals surface area contributed by atoms with Gasteiger partial charge in [-0.05, 0) is 50.8 Å². The van der Waals surface area contributed by atoms with Crippen molar-refractivity contribution in [2.24, 2.45) is 5.41 Å². The summed E-state index contributed by atoms with van der Waals surface area (Å²) in [6, 6.07) is 4.77. The number of imidazole rings is 1. The van der Waals surface area contributed by atoms with Crippen molar-refractivity contribution in [1.29, 1.82) is 0 Å². The van der Waals surface area contributed by atoms with E-state index in [2.05, 4.69) is 43.6 Å². The molecule has 0 radical (unpaired) electrons. The molecule has 196 valence electrons. The van der Waals surface area contributed by atoms with Crippen LogP contribution in [0.15, 0.2) is 24.7 Å². The first-order valence-corrected chi connectivity index (χ1v) is 14.3. The Kier molecular flexibility index (Phi) is 6.00. The van der Waals surface area contributed by atoms with E-state index in [1.165, 1.54) is 77.7 Å². The molecule has 4 fully saturated rings. The molecule has 0 unspecified atom stereocenters. The Labute approximate surface area is 219 Å². The van der Waals surface area contributed by atoms with Crippen LogP contribution in [-0.2, 0) is 6.54 Å². The average molecular weight is 502 g/mol. The third-order valence-electron chi connectivity index (χ3n) is 8.92. The molecule has 3 saturated heterocycles. The highest BCUT2D eigenvalue weighted by Gasteiger charge is 2.50. The Bertz CT molecular complexity index is 1230. The molecule has 7 rings (SSSR count). The van der Waals surface area contributed by atoms with Crippen molar-refractivity contribution in [2.75, 3.05) is 56.0 Å². The molecule has 0 atom stereocenters. The lowest BCUT2D eigenvalue weighted by atomic mass is 9.73. The van der Waals surface area contributed by atoms with Crippen LogP contribution in [0.3, 0.4) is 0 Å². The highest BCUT2D eigenvalue weighted by atomic mass is 15.3. The summed E-state index contributed by atoms with van der Waals surface area (Å²) in [5.41, 5.74) is 4.44. The number of nitrogens with one attached hydrogen (secondary N) is 1. The quantitative estimate of drug-likeness (QED) is 0.516. The van der Waals surface area contributed by atoms with Crippen molar-refractivity contribution >= 4 is 28.6 Å². The van der Waals surface area contributed by atoms with E-state index >= 15 is 0 Å². The molecule has 3 aliphatic heterocycles. The summed E-state index contributed by atoms with van der Waals surface area (Å²) in [5.74, 6) is 1.61. The number of piperidine rings is 1. The number of hydrogen-bond acceptors (Lipinski definition) is 8. The van der Waals surface area contributed by atoms with Crippen LogP contribution in [0.1, 0.15) is 63.6 Å². The number of hydrogen-bond donors (Lipinski definition) is 1. The fourth-order valence-electron chi connectivity index (χ4n) is 6.98. The van der Waals surface area contributed by atoms with Crippen LogP contribution < -0.4 is 10.2 Å². The fourth-order valence-corrected chi connectivity index (χ4v) is 6.98.